The lowest BCUT2D eigenvalue weighted by Crippen LogP contribution is -2.39. The highest BCUT2D eigenvalue weighted by molar-refractivity contribution is 6.30. The highest BCUT2D eigenvalue weighted by Crippen LogP contribution is 2.28. The summed E-state index contributed by atoms with van der Waals surface area (Å²) in [6, 6.07) is 8.02. The molecule has 0 radical (unpaired) electrons. The maximum absolute atomic E-state index is 13.7. The molecule has 1 aliphatic rings. The third-order valence-corrected chi connectivity index (χ3v) is 4.83. The molecule has 1 N–H and O–H groups in total. The minimum Gasteiger partial charge on any atom is -0.331 e. The number of amides is 2. The molecule has 2 heterocycles. The predicted molar refractivity (Wildman–Crippen MR) is 102 cm³/mol. The smallest absolute Gasteiger partial charge is 0.257 e. The van der Waals surface area contributed by atoms with Gasteiger partial charge in [-0.05, 0) is 18.2 Å². The van der Waals surface area contributed by atoms with E-state index in [0.29, 0.717) is 16.5 Å². The molecule has 0 unspecified atom stereocenters. The number of nitrogens with zero attached hydrogens (tertiary/aromatic N) is 3. The molecule has 3 rings (SSSR count). The summed E-state index contributed by atoms with van der Waals surface area (Å²) in [4.78, 5) is 25.5. The largest absolute Gasteiger partial charge is 0.331 e. The quantitative estimate of drug-likeness (QED) is 0.871. The molecule has 144 valence electrons. The number of alkyl halides is 1. The summed E-state index contributed by atoms with van der Waals surface area (Å²) in [5, 5.41) is 7.94. The van der Waals surface area contributed by atoms with E-state index >= 15 is 0 Å². The molecule has 1 aromatic carbocycles. The highest BCUT2D eigenvalue weighted by Gasteiger charge is 2.41. The number of carbonyl (C=O) groups excluding carboxylic acids is 2. The maximum atomic E-state index is 13.7. The van der Waals surface area contributed by atoms with Crippen molar-refractivity contribution in [2.24, 2.45) is 0 Å². The Labute approximate surface area is 162 Å². The molecule has 8 heteroatoms. The number of anilines is 1. The van der Waals surface area contributed by atoms with Gasteiger partial charge in [0.05, 0.1) is 11.4 Å². The van der Waals surface area contributed by atoms with E-state index in [4.69, 9.17) is 11.6 Å². The third kappa shape index (κ3) is 3.83. The van der Waals surface area contributed by atoms with Crippen LogP contribution in [-0.4, -0.2) is 45.8 Å². The normalized spacial score (nSPS) is 20.2. The highest BCUT2D eigenvalue weighted by atomic mass is 35.5. The number of carbonyl (C=O) groups is 2. The number of likely N-dealkylation sites (tertiary alicyclic amines) is 1. The second kappa shape index (κ2) is 6.96. The summed E-state index contributed by atoms with van der Waals surface area (Å²) in [7, 11) is 1.43. The molecule has 1 fully saturated rings. The van der Waals surface area contributed by atoms with E-state index < -0.39 is 24.0 Å². The molecular formula is C19H22ClFN4O2. The molecule has 27 heavy (non-hydrogen) atoms. The van der Waals surface area contributed by atoms with Crippen molar-refractivity contribution in [2.75, 3.05) is 12.4 Å². The Morgan fingerprint density at radius 1 is 1.33 bits per heavy atom. The molecular weight excluding hydrogens is 371 g/mol. The van der Waals surface area contributed by atoms with Crippen molar-refractivity contribution in [3.8, 4) is 5.69 Å². The fourth-order valence-corrected chi connectivity index (χ4v) is 3.15. The van der Waals surface area contributed by atoms with E-state index in [0.717, 1.165) is 10.6 Å². The van der Waals surface area contributed by atoms with E-state index in [2.05, 4.69) is 10.4 Å². The van der Waals surface area contributed by atoms with Gasteiger partial charge in [0.1, 0.15) is 11.9 Å². The minimum atomic E-state index is -1.64. The lowest BCUT2D eigenvalue weighted by atomic mass is 9.92. The summed E-state index contributed by atoms with van der Waals surface area (Å²) >= 11 is 6.09. The lowest BCUT2D eigenvalue weighted by Gasteiger charge is -2.19. The Bertz CT molecular complexity index is 890. The van der Waals surface area contributed by atoms with E-state index in [1.165, 1.54) is 7.05 Å². The van der Waals surface area contributed by atoms with Crippen molar-refractivity contribution >= 4 is 29.2 Å². The molecule has 6 nitrogen and oxygen atoms in total. The number of nitrogens with one attached hydrogen (secondary N) is 1. The van der Waals surface area contributed by atoms with Gasteiger partial charge in [-0.15, -0.1) is 0 Å². The zero-order chi connectivity index (χ0) is 19.9. The Morgan fingerprint density at radius 2 is 2.04 bits per heavy atom. The van der Waals surface area contributed by atoms with Crippen LogP contribution in [0.15, 0.2) is 30.3 Å². The first-order chi connectivity index (χ1) is 12.6. The molecule has 2 aromatic rings. The summed E-state index contributed by atoms with van der Waals surface area (Å²) in [6.07, 6.45) is -1.80. The van der Waals surface area contributed by atoms with Crippen molar-refractivity contribution in [2.45, 2.75) is 44.8 Å². The first kappa shape index (κ1) is 19.4. The van der Waals surface area contributed by atoms with E-state index in [9.17, 15) is 14.0 Å². The topological polar surface area (TPSA) is 67.2 Å². The van der Waals surface area contributed by atoms with Crippen LogP contribution in [0.25, 0.3) is 5.69 Å². The monoisotopic (exact) mass is 392 g/mol. The Hall–Kier alpha value is -2.41. The van der Waals surface area contributed by atoms with Crippen molar-refractivity contribution in [3.63, 3.8) is 0 Å². The van der Waals surface area contributed by atoms with Crippen molar-refractivity contribution < 1.29 is 14.0 Å². The number of hydrogen-bond acceptors (Lipinski definition) is 3. The van der Waals surface area contributed by atoms with Crippen LogP contribution >= 0.6 is 11.6 Å². The van der Waals surface area contributed by atoms with Gasteiger partial charge in [-0.25, -0.2) is 9.07 Å². The van der Waals surface area contributed by atoms with Crippen LogP contribution < -0.4 is 5.32 Å². The van der Waals surface area contributed by atoms with E-state index in [1.54, 1.807) is 28.9 Å². The average molecular weight is 393 g/mol. The van der Waals surface area contributed by atoms with E-state index in [-0.39, 0.29) is 11.8 Å². The molecule has 2 atom stereocenters. The molecule has 1 aromatic heterocycles. The summed E-state index contributed by atoms with van der Waals surface area (Å²) in [5.74, 6) is -0.682. The number of rotatable bonds is 3. The molecule has 1 aliphatic heterocycles. The van der Waals surface area contributed by atoms with Crippen LogP contribution in [0.1, 0.15) is 32.9 Å². The number of halogens is 2. The molecule has 0 bridgehead atoms. The van der Waals surface area contributed by atoms with E-state index in [1.807, 2.05) is 26.8 Å². The van der Waals surface area contributed by atoms with Crippen molar-refractivity contribution in [1.82, 2.24) is 14.7 Å². The Morgan fingerprint density at radius 3 is 2.59 bits per heavy atom. The summed E-state index contributed by atoms with van der Waals surface area (Å²) < 4.78 is 15.3. The number of likely N-dealkylation sites (N-methyl/N-ethyl adjacent to an activating group) is 1. The van der Waals surface area contributed by atoms with Gasteiger partial charge in [0, 0.05) is 30.0 Å². The van der Waals surface area contributed by atoms with Crippen LogP contribution in [0, 0.1) is 0 Å². The van der Waals surface area contributed by atoms with Gasteiger partial charge in [0.25, 0.3) is 5.91 Å². The fraction of sp³-hybridized carbons (Fsp3) is 0.421. The molecule has 2 amide bonds. The Balaban J connectivity index is 1.96. The maximum Gasteiger partial charge on any atom is 0.257 e. The zero-order valence-electron chi connectivity index (χ0n) is 15.7. The second-order valence-corrected chi connectivity index (χ2v) is 8.15. The molecule has 0 spiro atoms. The standard InChI is InChI=1S/C19H22ClFN4O2/c1-19(2,3)15-10-16(25(23-15)12-7-5-6-11(20)8-12)22-17(26)14-9-13(21)18(27)24(14)4/h5-8,10,13-14H,9H2,1-4H3,(H,22,26)/t13-,14+/m1/s1. The molecule has 0 aliphatic carbocycles. The van der Waals surface area contributed by atoms with Crippen LogP contribution in [-0.2, 0) is 15.0 Å². The van der Waals surface area contributed by atoms with Gasteiger partial charge in [0.2, 0.25) is 5.91 Å². The fourth-order valence-electron chi connectivity index (χ4n) is 2.96. The van der Waals surface area contributed by atoms with Crippen molar-refractivity contribution in [1.29, 1.82) is 0 Å². The predicted octanol–water partition coefficient (Wildman–Crippen LogP) is 3.33. The van der Waals surface area contributed by atoms with Gasteiger partial charge in [-0.1, -0.05) is 38.4 Å². The average Bonchev–Trinajstić information content (AvgIpc) is 3.12. The minimum absolute atomic E-state index is 0.154. The summed E-state index contributed by atoms with van der Waals surface area (Å²) in [5.41, 5.74) is 1.22. The number of hydrogen-bond donors (Lipinski definition) is 1. The SMILES string of the molecule is CN1C(=O)[C@H](F)C[C@H]1C(=O)Nc1cc(C(C)(C)C)nn1-c1cccc(Cl)c1. The third-order valence-electron chi connectivity index (χ3n) is 4.60. The van der Waals surface area contributed by atoms with Gasteiger partial charge in [-0.3, -0.25) is 9.59 Å². The van der Waals surface area contributed by atoms with Crippen molar-refractivity contribution in [3.05, 3.63) is 41.0 Å². The first-order valence-corrected chi connectivity index (χ1v) is 9.04. The van der Waals surface area contributed by atoms with Crippen LogP contribution in [0.5, 0.6) is 0 Å². The Kier molecular flexibility index (Phi) is 4.99. The van der Waals surface area contributed by atoms with Crippen LogP contribution in [0.4, 0.5) is 10.2 Å². The van der Waals surface area contributed by atoms with Gasteiger partial charge in [0.15, 0.2) is 6.17 Å². The molecule has 1 saturated heterocycles. The number of benzene rings is 1. The molecule has 0 saturated carbocycles. The lowest BCUT2D eigenvalue weighted by molar-refractivity contribution is -0.134. The van der Waals surface area contributed by atoms with Crippen LogP contribution in [0.2, 0.25) is 5.02 Å². The van der Waals surface area contributed by atoms with Gasteiger partial charge < -0.3 is 10.2 Å². The van der Waals surface area contributed by atoms with Crippen LogP contribution in [0.3, 0.4) is 0 Å². The zero-order valence-corrected chi connectivity index (χ0v) is 16.4. The number of aromatic nitrogens is 2. The summed E-state index contributed by atoms with van der Waals surface area (Å²) in [6.45, 7) is 6.04. The van der Waals surface area contributed by atoms with Gasteiger partial charge in [-0.2, -0.15) is 5.10 Å². The van der Waals surface area contributed by atoms with Gasteiger partial charge >= 0.3 is 0 Å². The second-order valence-electron chi connectivity index (χ2n) is 7.71. The first-order valence-electron chi connectivity index (χ1n) is 8.66.